The molecule has 0 saturated carbocycles. The third-order valence-corrected chi connectivity index (χ3v) is 3.99. The van der Waals surface area contributed by atoms with Crippen LogP contribution in [0.25, 0.3) is 0 Å². The fourth-order valence-electron chi connectivity index (χ4n) is 2.67. The molecule has 1 aliphatic heterocycles. The second kappa shape index (κ2) is 8.17. The highest BCUT2D eigenvalue weighted by atomic mass is 16.6. The maximum absolute atomic E-state index is 12.3. The lowest BCUT2D eigenvalue weighted by Crippen LogP contribution is -2.16. The van der Waals surface area contributed by atoms with E-state index < -0.39 is 0 Å². The van der Waals surface area contributed by atoms with Gasteiger partial charge in [0.2, 0.25) is 5.91 Å². The van der Waals surface area contributed by atoms with Crippen LogP contribution in [0.15, 0.2) is 42.5 Å². The van der Waals surface area contributed by atoms with E-state index in [0.717, 1.165) is 0 Å². The molecule has 0 radical (unpaired) electrons. The Bertz CT molecular complexity index is 870. The third-order valence-electron chi connectivity index (χ3n) is 3.99. The lowest BCUT2D eigenvalue weighted by molar-refractivity contribution is -0.116. The fourth-order valence-corrected chi connectivity index (χ4v) is 2.67. The van der Waals surface area contributed by atoms with Crippen molar-refractivity contribution in [1.82, 2.24) is 0 Å². The molecule has 1 aliphatic rings. The third kappa shape index (κ3) is 4.19. The Balaban J connectivity index is 1.50. The van der Waals surface area contributed by atoms with Gasteiger partial charge in [0.1, 0.15) is 19.3 Å². The van der Waals surface area contributed by atoms with E-state index in [0.29, 0.717) is 47.9 Å². The number of nitriles is 1. The first-order valence-electron chi connectivity index (χ1n) is 8.39. The smallest absolute Gasteiger partial charge is 0.224 e. The molecule has 1 N–H and O–H groups in total. The van der Waals surface area contributed by atoms with Crippen LogP contribution < -0.4 is 14.8 Å². The summed E-state index contributed by atoms with van der Waals surface area (Å²) < 4.78 is 10.9. The number of benzene rings is 2. The summed E-state index contributed by atoms with van der Waals surface area (Å²) in [4.78, 5) is 24.3. The number of ketones is 1. The molecule has 6 heteroatoms. The molecule has 0 saturated heterocycles. The van der Waals surface area contributed by atoms with Crippen LogP contribution in [0.2, 0.25) is 0 Å². The number of anilines is 1. The average molecular weight is 350 g/mol. The highest BCUT2D eigenvalue weighted by Gasteiger charge is 2.15. The van der Waals surface area contributed by atoms with Crippen LogP contribution in [0.3, 0.4) is 0 Å². The van der Waals surface area contributed by atoms with Crippen LogP contribution >= 0.6 is 0 Å². The Kier molecular flexibility index (Phi) is 5.49. The number of nitrogens with one attached hydrogen (secondary N) is 1. The van der Waals surface area contributed by atoms with Gasteiger partial charge in [0.15, 0.2) is 17.3 Å². The summed E-state index contributed by atoms with van der Waals surface area (Å²) in [5.41, 5.74) is 1.44. The summed E-state index contributed by atoms with van der Waals surface area (Å²) in [7, 11) is 0. The van der Waals surface area contributed by atoms with Crippen molar-refractivity contribution in [2.45, 2.75) is 19.3 Å². The largest absolute Gasteiger partial charge is 0.486 e. The van der Waals surface area contributed by atoms with Gasteiger partial charge in [0, 0.05) is 18.4 Å². The van der Waals surface area contributed by atoms with Crippen molar-refractivity contribution < 1.29 is 19.1 Å². The van der Waals surface area contributed by atoms with Crippen LogP contribution in [0.4, 0.5) is 5.69 Å². The van der Waals surface area contributed by atoms with Crippen molar-refractivity contribution in [2.24, 2.45) is 0 Å². The summed E-state index contributed by atoms with van der Waals surface area (Å²) in [5.74, 6) is 0.950. The normalized spacial score (nSPS) is 12.1. The van der Waals surface area contributed by atoms with E-state index in [4.69, 9.17) is 14.7 Å². The van der Waals surface area contributed by atoms with Crippen LogP contribution in [-0.4, -0.2) is 24.9 Å². The van der Waals surface area contributed by atoms with E-state index in [1.165, 1.54) is 0 Å². The average Bonchev–Trinajstić information content (AvgIpc) is 2.68. The van der Waals surface area contributed by atoms with E-state index >= 15 is 0 Å². The number of nitrogens with zero attached hydrogens (tertiary/aromatic N) is 1. The summed E-state index contributed by atoms with van der Waals surface area (Å²) in [6.07, 6.45) is 0.886. The van der Waals surface area contributed by atoms with Crippen molar-refractivity contribution in [2.75, 3.05) is 18.5 Å². The molecule has 0 atom stereocenters. The molecule has 0 aromatic heterocycles. The predicted molar refractivity (Wildman–Crippen MR) is 95.4 cm³/mol. The Hall–Kier alpha value is -3.33. The van der Waals surface area contributed by atoms with E-state index in [2.05, 4.69) is 5.32 Å². The fraction of sp³-hybridized carbons (Fsp3) is 0.250. The maximum atomic E-state index is 12.3. The lowest BCUT2D eigenvalue weighted by atomic mass is 10.0. The van der Waals surface area contributed by atoms with Crippen molar-refractivity contribution >= 4 is 17.4 Å². The minimum Gasteiger partial charge on any atom is -0.486 e. The van der Waals surface area contributed by atoms with Gasteiger partial charge in [0.25, 0.3) is 0 Å². The standard InChI is InChI=1S/C20H18N2O4/c21-13-15-4-1-2-5-16(15)22-20(24)7-3-6-17(23)14-8-9-18-19(12-14)26-11-10-25-18/h1-2,4-5,8-9,12H,3,6-7,10-11H2,(H,22,24). The molecule has 0 aliphatic carbocycles. The summed E-state index contributed by atoms with van der Waals surface area (Å²) in [5, 5.41) is 11.7. The van der Waals surface area contributed by atoms with Gasteiger partial charge in [-0.2, -0.15) is 5.26 Å². The SMILES string of the molecule is N#Cc1ccccc1NC(=O)CCCC(=O)c1ccc2c(c1)OCCO2. The van der Waals surface area contributed by atoms with Crippen LogP contribution in [0.5, 0.6) is 11.5 Å². The van der Waals surface area contributed by atoms with E-state index in [1.54, 1.807) is 42.5 Å². The van der Waals surface area contributed by atoms with Crippen LogP contribution in [0, 0.1) is 11.3 Å². The first-order valence-corrected chi connectivity index (χ1v) is 8.39. The van der Waals surface area contributed by atoms with Crippen molar-refractivity contribution in [3.05, 3.63) is 53.6 Å². The molecular formula is C20H18N2O4. The van der Waals surface area contributed by atoms with Crippen molar-refractivity contribution in [1.29, 1.82) is 5.26 Å². The molecule has 6 nitrogen and oxygen atoms in total. The summed E-state index contributed by atoms with van der Waals surface area (Å²) >= 11 is 0. The van der Waals surface area contributed by atoms with Crippen LogP contribution in [-0.2, 0) is 4.79 Å². The molecule has 26 heavy (non-hydrogen) atoms. The highest BCUT2D eigenvalue weighted by molar-refractivity contribution is 5.97. The second-order valence-corrected chi connectivity index (χ2v) is 5.84. The van der Waals surface area contributed by atoms with Gasteiger partial charge in [-0.15, -0.1) is 0 Å². The Morgan fingerprint density at radius 1 is 1.04 bits per heavy atom. The number of rotatable bonds is 6. The Morgan fingerprint density at radius 3 is 2.62 bits per heavy atom. The number of carbonyl (C=O) groups excluding carboxylic acids is 2. The summed E-state index contributed by atoms with van der Waals surface area (Å²) in [6.45, 7) is 0.972. The van der Waals surface area contributed by atoms with Crippen molar-refractivity contribution in [3.8, 4) is 17.6 Å². The molecule has 0 spiro atoms. The number of Topliss-reactive ketones (excluding diaryl/α,β-unsaturated/α-hetero) is 1. The molecule has 1 heterocycles. The molecule has 2 aromatic carbocycles. The van der Waals surface area contributed by atoms with E-state index in [9.17, 15) is 9.59 Å². The molecule has 1 amide bonds. The molecule has 3 rings (SSSR count). The van der Waals surface area contributed by atoms with Gasteiger partial charge in [0.05, 0.1) is 11.3 Å². The molecule has 0 fully saturated rings. The van der Waals surface area contributed by atoms with Gasteiger partial charge in [-0.1, -0.05) is 12.1 Å². The zero-order valence-corrected chi connectivity index (χ0v) is 14.2. The van der Waals surface area contributed by atoms with Crippen molar-refractivity contribution in [3.63, 3.8) is 0 Å². The topological polar surface area (TPSA) is 88.4 Å². The number of fused-ring (bicyclic) bond motifs is 1. The molecule has 2 aromatic rings. The Morgan fingerprint density at radius 2 is 1.81 bits per heavy atom. The van der Waals surface area contributed by atoms with Gasteiger partial charge < -0.3 is 14.8 Å². The minimum absolute atomic E-state index is 0.0489. The molecule has 132 valence electrons. The minimum atomic E-state index is -0.220. The van der Waals surface area contributed by atoms with Gasteiger partial charge in [-0.05, 0) is 36.8 Å². The summed E-state index contributed by atoms with van der Waals surface area (Å²) in [6, 6.07) is 14.0. The number of carbonyl (C=O) groups is 2. The number of para-hydroxylation sites is 1. The van der Waals surface area contributed by atoms with Crippen LogP contribution in [0.1, 0.15) is 35.2 Å². The number of hydrogen-bond acceptors (Lipinski definition) is 5. The predicted octanol–water partition coefficient (Wildman–Crippen LogP) is 3.32. The second-order valence-electron chi connectivity index (χ2n) is 5.84. The highest BCUT2D eigenvalue weighted by Crippen LogP contribution is 2.31. The Labute approximate surface area is 151 Å². The molecule has 0 bridgehead atoms. The van der Waals surface area contributed by atoms with E-state index in [1.807, 2.05) is 6.07 Å². The number of ether oxygens (including phenoxy) is 2. The quantitative estimate of drug-likeness (QED) is 0.807. The zero-order valence-electron chi connectivity index (χ0n) is 14.2. The van der Waals surface area contributed by atoms with Gasteiger partial charge >= 0.3 is 0 Å². The first kappa shape index (κ1) is 17.5. The number of amides is 1. The first-order chi connectivity index (χ1) is 12.7. The lowest BCUT2D eigenvalue weighted by Gasteiger charge is -2.18. The molecule has 0 unspecified atom stereocenters. The monoisotopic (exact) mass is 350 g/mol. The molecular weight excluding hydrogens is 332 g/mol. The zero-order chi connectivity index (χ0) is 18.4. The number of hydrogen-bond donors (Lipinski definition) is 1. The van der Waals surface area contributed by atoms with Gasteiger partial charge in [-0.25, -0.2) is 0 Å². The van der Waals surface area contributed by atoms with E-state index in [-0.39, 0.29) is 24.5 Å². The maximum Gasteiger partial charge on any atom is 0.224 e. The van der Waals surface area contributed by atoms with Gasteiger partial charge in [-0.3, -0.25) is 9.59 Å².